The lowest BCUT2D eigenvalue weighted by atomic mass is 10.2. The molecule has 0 amide bonds. The lowest BCUT2D eigenvalue weighted by molar-refractivity contribution is -0.128. The first-order valence-electron chi connectivity index (χ1n) is 6.67. The zero-order valence-corrected chi connectivity index (χ0v) is 12.6. The van der Waals surface area contributed by atoms with Crippen LogP contribution in [0.1, 0.15) is 11.1 Å². The molecule has 0 saturated carbocycles. The predicted molar refractivity (Wildman–Crippen MR) is 83.4 cm³/mol. The minimum atomic E-state index is -0.459. The Labute approximate surface area is 132 Å². The lowest BCUT2D eigenvalue weighted by Crippen LogP contribution is -2.03. The van der Waals surface area contributed by atoms with E-state index in [9.17, 15) is 4.79 Å². The molecule has 0 aliphatic carbocycles. The third-order valence-electron chi connectivity index (χ3n) is 3.16. The van der Waals surface area contributed by atoms with E-state index >= 15 is 0 Å². The summed E-state index contributed by atoms with van der Waals surface area (Å²) in [4.78, 5) is 11.8. The number of rotatable bonds is 3. The number of fused-ring (bicyclic) bond motifs is 1. The zero-order chi connectivity index (χ0) is 15.5. The van der Waals surface area contributed by atoms with E-state index in [0.717, 1.165) is 11.1 Å². The lowest BCUT2D eigenvalue weighted by Gasteiger charge is -2.03. The summed E-state index contributed by atoms with van der Waals surface area (Å²) >= 11 is 5.93. The number of hydrogen-bond acceptors (Lipinski definition) is 4. The van der Waals surface area contributed by atoms with Crippen LogP contribution in [-0.4, -0.2) is 12.8 Å². The van der Waals surface area contributed by atoms with E-state index in [4.69, 9.17) is 25.8 Å². The molecule has 0 unspecified atom stereocenters. The van der Waals surface area contributed by atoms with Gasteiger partial charge in [0, 0.05) is 11.1 Å². The minimum absolute atomic E-state index is 0.223. The van der Waals surface area contributed by atoms with Crippen LogP contribution in [0.4, 0.5) is 0 Å². The number of ether oxygens (including phenoxy) is 3. The predicted octanol–water partition coefficient (Wildman–Crippen LogP) is 4.00. The highest BCUT2D eigenvalue weighted by Gasteiger charge is 2.12. The van der Waals surface area contributed by atoms with Gasteiger partial charge in [-0.25, -0.2) is 4.79 Å². The van der Waals surface area contributed by atoms with Gasteiger partial charge in [-0.15, -0.1) is 0 Å². The molecule has 22 heavy (non-hydrogen) atoms. The van der Waals surface area contributed by atoms with Crippen molar-refractivity contribution < 1.29 is 19.0 Å². The Bertz CT molecular complexity index is 752. The summed E-state index contributed by atoms with van der Waals surface area (Å²) in [7, 11) is 0. The van der Waals surface area contributed by atoms with Crippen LogP contribution >= 0.6 is 11.6 Å². The summed E-state index contributed by atoms with van der Waals surface area (Å²) in [6.45, 7) is 2.07. The first-order chi connectivity index (χ1) is 10.6. The van der Waals surface area contributed by atoms with Crippen LogP contribution in [0.15, 0.2) is 42.5 Å². The van der Waals surface area contributed by atoms with Gasteiger partial charge in [-0.2, -0.15) is 0 Å². The first-order valence-corrected chi connectivity index (χ1v) is 7.05. The molecule has 1 aliphatic heterocycles. The van der Waals surface area contributed by atoms with Gasteiger partial charge in [-0.3, -0.25) is 0 Å². The van der Waals surface area contributed by atoms with Crippen molar-refractivity contribution in [2.45, 2.75) is 6.92 Å². The average Bonchev–Trinajstić information content (AvgIpc) is 2.96. The fourth-order valence-corrected chi connectivity index (χ4v) is 2.13. The van der Waals surface area contributed by atoms with Crippen LogP contribution in [-0.2, 0) is 4.79 Å². The maximum Gasteiger partial charge on any atom is 0.336 e. The van der Waals surface area contributed by atoms with Crippen molar-refractivity contribution in [1.29, 1.82) is 0 Å². The van der Waals surface area contributed by atoms with Gasteiger partial charge >= 0.3 is 5.97 Å². The Morgan fingerprint density at radius 1 is 1.18 bits per heavy atom. The van der Waals surface area contributed by atoms with E-state index < -0.39 is 5.97 Å². The van der Waals surface area contributed by atoms with Gasteiger partial charge in [0.15, 0.2) is 11.5 Å². The highest BCUT2D eigenvalue weighted by molar-refractivity contribution is 6.31. The highest BCUT2D eigenvalue weighted by Crippen LogP contribution is 2.32. The van der Waals surface area contributed by atoms with Crippen molar-refractivity contribution in [1.82, 2.24) is 0 Å². The van der Waals surface area contributed by atoms with E-state index in [1.54, 1.807) is 36.4 Å². The Morgan fingerprint density at radius 3 is 2.82 bits per heavy atom. The van der Waals surface area contributed by atoms with E-state index in [1.165, 1.54) is 6.08 Å². The van der Waals surface area contributed by atoms with E-state index in [0.29, 0.717) is 22.3 Å². The number of halogens is 1. The monoisotopic (exact) mass is 316 g/mol. The van der Waals surface area contributed by atoms with Crippen LogP contribution in [0.3, 0.4) is 0 Å². The van der Waals surface area contributed by atoms with Crippen molar-refractivity contribution in [3.8, 4) is 17.2 Å². The fourth-order valence-electron chi connectivity index (χ4n) is 2.01. The molecule has 0 N–H and O–H groups in total. The summed E-state index contributed by atoms with van der Waals surface area (Å²) in [6, 6.07) is 10.5. The van der Waals surface area contributed by atoms with Crippen LogP contribution in [0.5, 0.6) is 17.2 Å². The van der Waals surface area contributed by atoms with Crippen molar-refractivity contribution in [3.05, 3.63) is 58.6 Å². The summed E-state index contributed by atoms with van der Waals surface area (Å²) in [5, 5.41) is 0.635. The standard InChI is InChI=1S/C17H13ClO4/c1-11-8-13(4-5-14(11)18)22-17(19)7-3-12-2-6-15-16(9-12)21-10-20-15/h2-9H,10H2,1H3/b7-3+. The van der Waals surface area contributed by atoms with Gasteiger partial charge in [0.05, 0.1) is 0 Å². The molecule has 0 aromatic heterocycles. The number of hydrogen-bond donors (Lipinski definition) is 0. The molecule has 5 heteroatoms. The van der Waals surface area contributed by atoms with Crippen molar-refractivity contribution in [2.75, 3.05) is 6.79 Å². The smallest absolute Gasteiger partial charge is 0.336 e. The van der Waals surface area contributed by atoms with Crippen molar-refractivity contribution in [2.24, 2.45) is 0 Å². The number of carbonyl (C=O) groups excluding carboxylic acids is 1. The number of aryl methyl sites for hydroxylation is 1. The molecule has 4 nitrogen and oxygen atoms in total. The van der Waals surface area contributed by atoms with Gasteiger partial charge in [0.2, 0.25) is 6.79 Å². The van der Waals surface area contributed by atoms with Crippen molar-refractivity contribution in [3.63, 3.8) is 0 Å². The van der Waals surface area contributed by atoms with Gasteiger partial charge in [-0.1, -0.05) is 17.7 Å². The van der Waals surface area contributed by atoms with Gasteiger partial charge in [-0.05, 0) is 54.5 Å². The second-order valence-corrected chi connectivity index (χ2v) is 5.19. The molecule has 0 radical (unpaired) electrons. The molecule has 0 bridgehead atoms. The number of benzene rings is 2. The molecule has 1 aliphatic rings. The second-order valence-electron chi connectivity index (χ2n) is 4.78. The molecule has 3 rings (SSSR count). The van der Waals surface area contributed by atoms with Crippen LogP contribution < -0.4 is 14.2 Å². The second kappa shape index (κ2) is 6.12. The average molecular weight is 317 g/mol. The van der Waals surface area contributed by atoms with Gasteiger partial charge in [0.1, 0.15) is 5.75 Å². The Morgan fingerprint density at radius 2 is 2.00 bits per heavy atom. The van der Waals surface area contributed by atoms with Gasteiger partial charge in [0.25, 0.3) is 0 Å². The topological polar surface area (TPSA) is 44.8 Å². The minimum Gasteiger partial charge on any atom is -0.454 e. The normalized spacial score (nSPS) is 12.6. The van der Waals surface area contributed by atoms with E-state index in [2.05, 4.69) is 0 Å². The number of esters is 1. The highest BCUT2D eigenvalue weighted by atomic mass is 35.5. The van der Waals surface area contributed by atoms with Crippen molar-refractivity contribution >= 4 is 23.6 Å². The molecule has 0 spiro atoms. The van der Waals surface area contributed by atoms with Crippen LogP contribution in [0.2, 0.25) is 5.02 Å². The molecule has 0 fully saturated rings. The molecular weight excluding hydrogens is 304 g/mol. The molecular formula is C17H13ClO4. The van der Waals surface area contributed by atoms with E-state index in [1.807, 2.05) is 13.0 Å². The summed E-state index contributed by atoms with van der Waals surface area (Å²) in [5.74, 6) is 1.38. The quantitative estimate of drug-likeness (QED) is 0.488. The van der Waals surface area contributed by atoms with Crippen LogP contribution in [0, 0.1) is 6.92 Å². The molecule has 2 aromatic carbocycles. The molecule has 112 valence electrons. The van der Waals surface area contributed by atoms with Gasteiger partial charge < -0.3 is 14.2 Å². The third kappa shape index (κ3) is 3.23. The Hall–Kier alpha value is -2.46. The maximum absolute atomic E-state index is 11.8. The molecule has 0 saturated heterocycles. The Kier molecular flexibility index (Phi) is 4.02. The SMILES string of the molecule is Cc1cc(OC(=O)/C=C/c2ccc3c(c2)OCO3)ccc1Cl. The third-order valence-corrected chi connectivity index (χ3v) is 3.58. The molecule has 2 aromatic rings. The largest absolute Gasteiger partial charge is 0.454 e. The molecule has 0 atom stereocenters. The Balaban J connectivity index is 1.67. The fraction of sp³-hybridized carbons (Fsp3) is 0.118. The van der Waals surface area contributed by atoms with Crippen LogP contribution in [0.25, 0.3) is 6.08 Å². The number of carbonyl (C=O) groups is 1. The summed E-state index contributed by atoms with van der Waals surface area (Å²) in [6.07, 6.45) is 3.02. The van der Waals surface area contributed by atoms with E-state index in [-0.39, 0.29) is 6.79 Å². The summed E-state index contributed by atoms with van der Waals surface area (Å²) < 4.78 is 15.7. The summed E-state index contributed by atoms with van der Waals surface area (Å²) in [5.41, 5.74) is 1.68. The maximum atomic E-state index is 11.8. The first kappa shape index (κ1) is 14.5. The molecule has 1 heterocycles. The zero-order valence-electron chi connectivity index (χ0n) is 11.8.